The van der Waals surface area contributed by atoms with Crippen LogP contribution in [0.4, 0.5) is 10.5 Å². The molecular formula is C34H28BrClN2O6. The number of urea groups is 1. The van der Waals surface area contributed by atoms with Gasteiger partial charge < -0.3 is 14.2 Å². The van der Waals surface area contributed by atoms with Gasteiger partial charge in [-0.05, 0) is 85.1 Å². The number of aryl methyl sites for hydroxylation is 1. The van der Waals surface area contributed by atoms with Gasteiger partial charge in [0.05, 0.1) is 17.3 Å². The van der Waals surface area contributed by atoms with Crippen LogP contribution in [0.25, 0.3) is 6.08 Å². The Bertz CT molecular complexity index is 1740. The van der Waals surface area contributed by atoms with E-state index in [0.717, 1.165) is 26.1 Å². The summed E-state index contributed by atoms with van der Waals surface area (Å²) in [7, 11) is 0. The van der Waals surface area contributed by atoms with Crippen LogP contribution in [0, 0.1) is 6.92 Å². The molecule has 44 heavy (non-hydrogen) atoms. The number of hydrogen-bond donors (Lipinski definition) is 1. The highest BCUT2D eigenvalue weighted by Crippen LogP contribution is 2.38. The number of amides is 4. The van der Waals surface area contributed by atoms with Gasteiger partial charge in [-0.1, -0.05) is 69.5 Å². The Kier molecular flexibility index (Phi) is 9.67. The lowest BCUT2D eigenvalue weighted by molar-refractivity contribution is -0.122. The number of hydrogen-bond acceptors (Lipinski definition) is 6. The Labute approximate surface area is 268 Å². The second kappa shape index (κ2) is 13.8. The van der Waals surface area contributed by atoms with Crippen LogP contribution in [0.1, 0.15) is 29.2 Å². The maximum atomic E-state index is 13.5. The van der Waals surface area contributed by atoms with Gasteiger partial charge in [0.2, 0.25) is 0 Å². The number of barbiturate groups is 1. The molecule has 4 aromatic rings. The molecule has 0 saturated carbocycles. The first kappa shape index (κ1) is 30.8. The Hall–Kier alpha value is -4.60. The van der Waals surface area contributed by atoms with Crippen molar-refractivity contribution in [1.29, 1.82) is 0 Å². The number of anilines is 1. The molecule has 0 aromatic heterocycles. The highest BCUT2D eigenvalue weighted by atomic mass is 79.9. The molecule has 0 spiro atoms. The molecule has 0 bridgehead atoms. The Balaban J connectivity index is 1.35. The van der Waals surface area contributed by atoms with Crippen molar-refractivity contribution < 1.29 is 28.6 Å². The van der Waals surface area contributed by atoms with E-state index in [0.29, 0.717) is 36.0 Å². The summed E-state index contributed by atoms with van der Waals surface area (Å²) in [6.07, 6.45) is 1.37. The Morgan fingerprint density at radius 2 is 1.59 bits per heavy atom. The van der Waals surface area contributed by atoms with E-state index in [1.165, 1.54) is 6.08 Å². The van der Waals surface area contributed by atoms with Crippen LogP contribution >= 0.6 is 27.5 Å². The molecule has 1 aliphatic heterocycles. The zero-order chi connectivity index (χ0) is 31.2. The smallest absolute Gasteiger partial charge is 0.335 e. The predicted octanol–water partition coefficient (Wildman–Crippen LogP) is 7.63. The van der Waals surface area contributed by atoms with Crippen molar-refractivity contribution in [2.45, 2.75) is 27.1 Å². The van der Waals surface area contributed by atoms with E-state index < -0.39 is 17.8 Å². The first-order valence-corrected chi connectivity index (χ1v) is 14.9. The van der Waals surface area contributed by atoms with Crippen LogP contribution < -0.4 is 24.4 Å². The first-order chi connectivity index (χ1) is 21.2. The van der Waals surface area contributed by atoms with Crippen molar-refractivity contribution in [2.75, 3.05) is 11.5 Å². The minimum absolute atomic E-state index is 0.241. The normalized spacial score (nSPS) is 14.0. The minimum Gasteiger partial charge on any atom is -0.490 e. The van der Waals surface area contributed by atoms with Crippen LogP contribution in [0.5, 0.6) is 17.2 Å². The number of carbonyl (C=O) groups excluding carboxylic acids is 3. The van der Waals surface area contributed by atoms with Gasteiger partial charge in [-0.25, -0.2) is 9.69 Å². The summed E-state index contributed by atoms with van der Waals surface area (Å²) >= 11 is 10.0. The molecule has 0 unspecified atom stereocenters. The fourth-order valence-corrected chi connectivity index (χ4v) is 5.07. The zero-order valence-corrected chi connectivity index (χ0v) is 26.3. The lowest BCUT2D eigenvalue weighted by Gasteiger charge is -2.26. The van der Waals surface area contributed by atoms with Crippen molar-refractivity contribution in [3.05, 3.63) is 122 Å². The third-order valence-electron chi connectivity index (χ3n) is 6.62. The van der Waals surface area contributed by atoms with Gasteiger partial charge in [0.1, 0.15) is 24.5 Å². The molecule has 8 nitrogen and oxygen atoms in total. The van der Waals surface area contributed by atoms with Crippen molar-refractivity contribution in [2.24, 2.45) is 0 Å². The molecular weight excluding hydrogens is 648 g/mol. The second-order valence-corrected chi connectivity index (χ2v) is 11.2. The van der Waals surface area contributed by atoms with E-state index in [2.05, 4.69) is 21.2 Å². The maximum absolute atomic E-state index is 13.5. The van der Waals surface area contributed by atoms with Gasteiger partial charge >= 0.3 is 6.03 Å². The fourth-order valence-electron chi connectivity index (χ4n) is 4.53. The summed E-state index contributed by atoms with van der Waals surface area (Å²) in [5.74, 6) is -0.349. The molecule has 1 heterocycles. The van der Waals surface area contributed by atoms with Gasteiger partial charge in [0.25, 0.3) is 11.8 Å². The number of rotatable bonds is 10. The van der Waals surface area contributed by atoms with Gasteiger partial charge in [0, 0.05) is 4.47 Å². The maximum Gasteiger partial charge on any atom is 0.335 e. The second-order valence-electron chi connectivity index (χ2n) is 9.91. The molecule has 10 heteroatoms. The summed E-state index contributed by atoms with van der Waals surface area (Å²) in [6, 6.07) is 24.4. The highest BCUT2D eigenvalue weighted by Gasteiger charge is 2.37. The summed E-state index contributed by atoms with van der Waals surface area (Å²) in [4.78, 5) is 39.9. The number of carbonyl (C=O) groups is 3. The van der Waals surface area contributed by atoms with Crippen molar-refractivity contribution in [3.8, 4) is 17.2 Å². The number of imide groups is 2. The van der Waals surface area contributed by atoms with Crippen LogP contribution in [-0.2, 0) is 22.8 Å². The summed E-state index contributed by atoms with van der Waals surface area (Å²) < 4.78 is 18.6. The largest absolute Gasteiger partial charge is 0.490 e. The third kappa shape index (κ3) is 7.30. The van der Waals surface area contributed by atoms with Gasteiger partial charge in [-0.3, -0.25) is 14.9 Å². The molecule has 0 atom stereocenters. The molecule has 4 amide bonds. The fraction of sp³-hybridized carbons (Fsp3) is 0.147. The van der Waals surface area contributed by atoms with Crippen LogP contribution in [0.3, 0.4) is 0 Å². The highest BCUT2D eigenvalue weighted by molar-refractivity contribution is 9.10. The molecule has 1 fully saturated rings. The summed E-state index contributed by atoms with van der Waals surface area (Å²) in [5.41, 5.74) is 3.50. The number of nitrogens with zero attached hydrogens (tertiary/aromatic N) is 1. The molecule has 0 radical (unpaired) electrons. The standard InChI is InChI=1S/C34H28BrClN2O6/c1-3-42-30-18-24(17-29(36)31(30)44-20-23-6-4-5-21(2)15-23)16-28-32(39)37-34(41)38(33(28)40)26-11-13-27(14-12-26)43-19-22-7-9-25(35)10-8-22/h4-18H,3,19-20H2,1-2H3,(H,37,39,41)/b28-16+. The van der Waals surface area contributed by atoms with Crippen LogP contribution in [0.2, 0.25) is 5.02 Å². The van der Waals surface area contributed by atoms with Crippen LogP contribution in [0.15, 0.2) is 95.0 Å². The Morgan fingerprint density at radius 1 is 0.864 bits per heavy atom. The molecule has 0 aliphatic carbocycles. The number of nitrogens with one attached hydrogen (secondary N) is 1. The van der Waals surface area contributed by atoms with Gasteiger partial charge in [-0.2, -0.15) is 0 Å². The van der Waals surface area contributed by atoms with Gasteiger partial charge in [0.15, 0.2) is 11.5 Å². The van der Waals surface area contributed by atoms with E-state index in [1.807, 2.05) is 62.4 Å². The molecule has 224 valence electrons. The van der Waals surface area contributed by atoms with Crippen molar-refractivity contribution >= 4 is 57.1 Å². The first-order valence-electron chi connectivity index (χ1n) is 13.7. The average Bonchev–Trinajstić information content (AvgIpc) is 2.99. The molecule has 5 rings (SSSR count). The number of benzene rings is 4. The van der Waals surface area contributed by atoms with Crippen molar-refractivity contribution in [3.63, 3.8) is 0 Å². The van der Waals surface area contributed by atoms with E-state index in [4.69, 9.17) is 25.8 Å². The van der Waals surface area contributed by atoms with E-state index >= 15 is 0 Å². The SMILES string of the molecule is CCOc1cc(/C=C2\C(=O)NC(=O)N(c3ccc(OCc4ccc(Br)cc4)cc3)C2=O)cc(Cl)c1OCc1cccc(C)c1. The summed E-state index contributed by atoms with van der Waals surface area (Å²) in [6.45, 7) is 4.77. The van der Waals surface area contributed by atoms with Crippen molar-refractivity contribution in [1.82, 2.24) is 5.32 Å². The van der Waals surface area contributed by atoms with Crippen LogP contribution in [-0.4, -0.2) is 24.5 Å². The third-order valence-corrected chi connectivity index (χ3v) is 7.43. The number of halogens is 2. The summed E-state index contributed by atoms with van der Waals surface area (Å²) in [5, 5.41) is 2.48. The van der Waals surface area contributed by atoms with E-state index in [1.54, 1.807) is 36.4 Å². The minimum atomic E-state index is -0.853. The predicted molar refractivity (Wildman–Crippen MR) is 172 cm³/mol. The quantitative estimate of drug-likeness (QED) is 0.137. The molecule has 1 saturated heterocycles. The monoisotopic (exact) mass is 674 g/mol. The molecule has 4 aromatic carbocycles. The molecule has 1 N–H and O–H groups in total. The number of ether oxygens (including phenoxy) is 3. The topological polar surface area (TPSA) is 94.2 Å². The Morgan fingerprint density at radius 3 is 2.30 bits per heavy atom. The van der Waals surface area contributed by atoms with Gasteiger partial charge in [-0.15, -0.1) is 0 Å². The zero-order valence-electron chi connectivity index (χ0n) is 23.9. The lowest BCUT2D eigenvalue weighted by Crippen LogP contribution is -2.54. The molecule has 1 aliphatic rings. The average molecular weight is 676 g/mol. The van der Waals surface area contributed by atoms with E-state index in [9.17, 15) is 14.4 Å². The van der Waals surface area contributed by atoms with E-state index in [-0.39, 0.29) is 22.9 Å². The lowest BCUT2D eigenvalue weighted by atomic mass is 10.1.